The molecule has 2 aromatic carbocycles. The normalized spacial score (nSPS) is 23.4. The summed E-state index contributed by atoms with van der Waals surface area (Å²) in [4.78, 5) is 0. The fourth-order valence-electron chi connectivity index (χ4n) is 3.19. The molecule has 1 saturated carbocycles. The summed E-state index contributed by atoms with van der Waals surface area (Å²) in [6.07, 6.45) is 6.48. The molecule has 2 heteroatoms. The molecule has 2 N–H and O–H groups in total. The Balaban J connectivity index is 1.80. The zero-order valence-corrected chi connectivity index (χ0v) is 11.9. The average Bonchev–Trinajstić information content (AvgIpc) is 2.72. The molecule has 106 valence electrons. The van der Waals surface area contributed by atoms with E-state index in [4.69, 9.17) is 10.5 Å². The van der Waals surface area contributed by atoms with Crippen LogP contribution >= 0.6 is 0 Å². The predicted octanol–water partition coefficient (Wildman–Crippen LogP) is 4.13. The lowest BCUT2D eigenvalue weighted by Gasteiger charge is -2.25. The monoisotopic (exact) mass is 269 g/mol. The number of nitrogens with two attached hydrogens (primary N) is 1. The second-order valence-corrected chi connectivity index (χ2v) is 5.80. The lowest BCUT2D eigenvalue weighted by Crippen LogP contribution is -2.31. The summed E-state index contributed by atoms with van der Waals surface area (Å²) in [7, 11) is 0. The Labute approximate surface area is 120 Å². The summed E-state index contributed by atoms with van der Waals surface area (Å²) in [5, 5.41) is 2.50. The summed E-state index contributed by atoms with van der Waals surface area (Å²) in [6, 6.07) is 14.8. The Morgan fingerprint density at radius 1 is 0.950 bits per heavy atom. The minimum absolute atomic E-state index is 0.281. The lowest BCUT2D eigenvalue weighted by molar-refractivity contribution is 0.130. The highest BCUT2D eigenvalue weighted by Crippen LogP contribution is 2.28. The van der Waals surface area contributed by atoms with E-state index in [9.17, 15) is 0 Å². The summed E-state index contributed by atoms with van der Waals surface area (Å²) in [6.45, 7) is 0.734. The van der Waals surface area contributed by atoms with Gasteiger partial charge in [0.15, 0.2) is 0 Å². The van der Waals surface area contributed by atoms with E-state index < -0.39 is 0 Å². The van der Waals surface area contributed by atoms with Gasteiger partial charge >= 0.3 is 0 Å². The van der Waals surface area contributed by atoms with Crippen LogP contribution in [0.3, 0.4) is 0 Å². The van der Waals surface area contributed by atoms with Crippen LogP contribution in [0, 0.1) is 5.92 Å². The molecular formula is C18H23NO. The SMILES string of the molecule is NCC1CCCCCC1Oc1ccc2ccccc2c1. The van der Waals surface area contributed by atoms with Crippen molar-refractivity contribution in [2.24, 2.45) is 11.7 Å². The van der Waals surface area contributed by atoms with Crippen LogP contribution in [0.5, 0.6) is 5.75 Å². The molecule has 0 radical (unpaired) electrons. The second-order valence-electron chi connectivity index (χ2n) is 5.80. The van der Waals surface area contributed by atoms with Gasteiger partial charge in [-0.05, 0) is 48.7 Å². The summed E-state index contributed by atoms with van der Waals surface area (Å²) < 4.78 is 6.27. The Morgan fingerprint density at radius 3 is 2.60 bits per heavy atom. The molecule has 2 unspecified atom stereocenters. The van der Waals surface area contributed by atoms with Crippen molar-refractivity contribution < 1.29 is 4.74 Å². The van der Waals surface area contributed by atoms with Gasteiger partial charge in [-0.25, -0.2) is 0 Å². The molecule has 0 aromatic heterocycles. The first kappa shape index (κ1) is 13.4. The van der Waals surface area contributed by atoms with Gasteiger partial charge in [0.2, 0.25) is 0 Å². The molecule has 3 rings (SSSR count). The Hall–Kier alpha value is -1.54. The summed E-state index contributed by atoms with van der Waals surface area (Å²) in [5.74, 6) is 1.48. The van der Waals surface area contributed by atoms with Gasteiger partial charge in [0.1, 0.15) is 11.9 Å². The molecule has 2 aromatic rings. The molecule has 0 saturated heterocycles. The molecule has 0 spiro atoms. The zero-order chi connectivity index (χ0) is 13.8. The smallest absolute Gasteiger partial charge is 0.120 e. The molecule has 2 atom stereocenters. The summed E-state index contributed by atoms with van der Waals surface area (Å²) in [5.41, 5.74) is 5.93. The third-order valence-corrected chi connectivity index (χ3v) is 4.40. The first-order valence-electron chi connectivity index (χ1n) is 7.72. The molecule has 1 aliphatic carbocycles. The number of rotatable bonds is 3. The first-order valence-corrected chi connectivity index (χ1v) is 7.72. The minimum Gasteiger partial charge on any atom is -0.490 e. The Bertz CT molecular complexity index is 566. The van der Waals surface area contributed by atoms with E-state index in [1.165, 1.54) is 36.5 Å². The van der Waals surface area contributed by atoms with Crippen molar-refractivity contribution in [2.45, 2.75) is 38.2 Å². The highest BCUT2D eigenvalue weighted by Gasteiger charge is 2.24. The van der Waals surface area contributed by atoms with E-state index in [2.05, 4.69) is 42.5 Å². The molecule has 0 amide bonds. The van der Waals surface area contributed by atoms with Gasteiger partial charge in [0.05, 0.1) is 0 Å². The number of hydrogen-bond acceptors (Lipinski definition) is 2. The van der Waals surface area contributed by atoms with Crippen LogP contribution in [0.4, 0.5) is 0 Å². The first-order chi connectivity index (χ1) is 9.86. The van der Waals surface area contributed by atoms with Crippen LogP contribution in [0.15, 0.2) is 42.5 Å². The molecular weight excluding hydrogens is 246 g/mol. The van der Waals surface area contributed by atoms with Gasteiger partial charge in [0, 0.05) is 5.92 Å². The average molecular weight is 269 g/mol. The molecule has 0 heterocycles. The van der Waals surface area contributed by atoms with Crippen molar-refractivity contribution in [3.63, 3.8) is 0 Å². The third-order valence-electron chi connectivity index (χ3n) is 4.40. The highest BCUT2D eigenvalue weighted by molar-refractivity contribution is 5.83. The Kier molecular flexibility index (Phi) is 4.22. The van der Waals surface area contributed by atoms with Crippen LogP contribution in [-0.4, -0.2) is 12.6 Å². The molecule has 0 bridgehead atoms. The Morgan fingerprint density at radius 2 is 1.75 bits per heavy atom. The van der Waals surface area contributed by atoms with Gasteiger partial charge in [-0.15, -0.1) is 0 Å². The third kappa shape index (κ3) is 2.96. The van der Waals surface area contributed by atoms with E-state index in [0.717, 1.165) is 18.7 Å². The van der Waals surface area contributed by atoms with Crippen molar-refractivity contribution in [1.82, 2.24) is 0 Å². The van der Waals surface area contributed by atoms with E-state index in [-0.39, 0.29) is 6.10 Å². The maximum Gasteiger partial charge on any atom is 0.120 e. The van der Waals surface area contributed by atoms with Gasteiger partial charge in [-0.3, -0.25) is 0 Å². The number of fused-ring (bicyclic) bond motifs is 1. The van der Waals surface area contributed by atoms with Crippen LogP contribution in [0.2, 0.25) is 0 Å². The minimum atomic E-state index is 0.281. The van der Waals surface area contributed by atoms with E-state index in [0.29, 0.717) is 5.92 Å². The lowest BCUT2D eigenvalue weighted by atomic mass is 9.97. The number of benzene rings is 2. The van der Waals surface area contributed by atoms with E-state index in [1.807, 2.05) is 0 Å². The summed E-state index contributed by atoms with van der Waals surface area (Å²) >= 11 is 0. The van der Waals surface area contributed by atoms with Crippen molar-refractivity contribution in [1.29, 1.82) is 0 Å². The van der Waals surface area contributed by atoms with Gasteiger partial charge in [0.25, 0.3) is 0 Å². The topological polar surface area (TPSA) is 35.2 Å². The van der Waals surface area contributed by atoms with Crippen LogP contribution < -0.4 is 10.5 Å². The highest BCUT2D eigenvalue weighted by atomic mass is 16.5. The van der Waals surface area contributed by atoms with Gasteiger partial charge < -0.3 is 10.5 Å². The van der Waals surface area contributed by atoms with Crippen molar-refractivity contribution >= 4 is 10.8 Å². The zero-order valence-electron chi connectivity index (χ0n) is 11.9. The molecule has 1 fully saturated rings. The molecule has 2 nitrogen and oxygen atoms in total. The second kappa shape index (κ2) is 6.27. The molecule has 20 heavy (non-hydrogen) atoms. The molecule has 1 aliphatic rings. The predicted molar refractivity (Wildman–Crippen MR) is 84.0 cm³/mol. The van der Waals surface area contributed by atoms with Crippen molar-refractivity contribution in [2.75, 3.05) is 6.54 Å². The van der Waals surface area contributed by atoms with Crippen LogP contribution in [0.25, 0.3) is 10.8 Å². The van der Waals surface area contributed by atoms with Crippen molar-refractivity contribution in [3.05, 3.63) is 42.5 Å². The maximum atomic E-state index is 6.27. The van der Waals surface area contributed by atoms with Gasteiger partial charge in [-0.2, -0.15) is 0 Å². The van der Waals surface area contributed by atoms with Gasteiger partial charge in [-0.1, -0.05) is 43.2 Å². The quantitative estimate of drug-likeness (QED) is 0.850. The van der Waals surface area contributed by atoms with Crippen LogP contribution in [-0.2, 0) is 0 Å². The number of hydrogen-bond donors (Lipinski definition) is 1. The van der Waals surface area contributed by atoms with Crippen LogP contribution in [0.1, 0.15) is 32.1 Å². The van der Waals surface area contributed by atoms with E-state index >= 15 is 0 Å². The fourth-order valence-corrected chi connectivity index (χ4v) is 3.19. The maximum absolute atomic E-state index is 6.27. The number of ether oxygens (including phenoxy) is 1. The standard InChI is InChI=1S/C18H23NO/c19-13-16-8-2-1-3-9-18(16)20-17-11-10-14-6-4-5-7-15(14)12-17/h4-7,10-12,16,18H,1-3,8-9,13,19H2. The fraction of sp³-hybridized carbons (Fsp3) is 0.444. The van der Waals surface area contributed by atoms with E-state index in [1.54, 1.807) is 0 Å². The largest absolute Gasteiger partial charge is 0.490 e. The van der Waals surface area contributed by atoms with Crippen molar-refractivity contribution in [3.8, 4) is 5.75 Å². The molecule has 0 aliphatic heterocycles.